The number of ether oxygens (including phenoxy) is 1. The van der Waals surface area contributed by atoms with Crippen LogP contribution >= 0.6 is 15.9 Å². The molecule has 1 aromatic carbocycles. The molecule has 6 heteroatoms. The largest absolute Gasteiger partial charge is 0.380 e. The lowest BCUT2D eigenvalue weighted by Gasteiger charge is -2.28. The zero-order valence-electron chi connectivity index (χ0n) is 10.6. The van der Waals surface area contributed by atoms with Crippen LogP contribution in [-0.2, 0) is 4.74 Å². The molecular formula is C13H15BrN2O3. The van der Waals surface area contributed by atoms with Crippen LogP contribution in [0.1, 0.15) is 6.42 Å². The summed E-state index contributed by atoms with van der Waals surface area (Å²) in [5, 5.41) is 11.1. The Morgan fingerprint density at radius 3 is 2.89 bits per heavy atom. The van der Waals surface area contributed by atoms with E-state index < -0.39 is 0 Å². The van der Waals surface area contributed by atoms with Crippen LogP contribution in [0.3, 0.4) is 0 Å². The van der Waals surface area contributed by atoms with E-state index in [1.54, 1.807) is 19.2 Å². The summed E-state index contributed by atoms with van der Waals surface area (Å²) in [6.45, 7) is 2.09. The number of nitro groups is 1. The van der Waals surface area contributed by atoms with Crippen LogP contribution in [0, 0.1) is 10.1 Å². The predicted molar refractivity (Wildman–Crippen MR) is 77.6 cm³/mol. The Bertz CT molecular complexity index is 517. The van der Waals surface area contributed by atoms with Gasteiger partial charge < -0.3 is 9.64 Å². The third kappa shape index (κ3) is 3.33. The van der Waals surface area contributed by atoms with E-state index in [9.17, 15) is 10.1 Å². The average Bonchev–Trinajstić information content (AvgIpc) is 2.40. The summed E-state index contributed by atoms with van der Waals surface area (Å²) in [4.78, 5) is 12.8. The van der Waals surface area contributed by atoms with Gasteiger partial charge in [-0.2, -0.15) is 0 Å². The first-order valence-electron chi connectivity index (χ1n) is 5.97. The minimum absolute atomic E-state index is 0.137. The van der Waals surface area contributed by atoms with Crippen LogP contribution in [0.4, 0.5) is 11.4 Å². The fourth-order valence-corrected chi connectivity index (χ4v) is 2.51. The second-order valence-electron chi connectivity index (χ2n) is 4.38. The van der Waals surface area contributed by atoms with Gasteiger partial charge in [-0.05, 0) is 24.1 Å². The maximum atomic E-state index is 11.1. The first-order chi connectivity index (χ1) is 9.11. The van der Waals surface area contributed by atoms with Crippen LogP contribution in [-0.4, -0.2) is 31.7 Å². The van der Waals surface area contributed by atoms with Gasteiger partial charge in [0.15, 0.2) is 0 Å². The molecule has 0 saturated heterocycles. The zero-order chi connectivity index (χ0) is 13.8. The van der Waals surface area contributed by atoms with Crippen LogP contribution in [0.15, 0.2) is 34.3 Å². The van der Waals surface area contributed by atoms with E-state index in [2.05, 4.69) is 22.0 Å². The Hall–Kier alpha value is -1.40. The summed E-state index contributed by atoms with van der Waals surface area (Å²) in [7, 11) is 1.67. The summed E-state index contributed by atoms with van der Waals surface area (Å²) in [5.74, 6) is 0. The molecule has 0 radical (unpaired) electrons. The molecule has 0 spiro atoms. The summed E-state index contributed by atoms with van der Waals surface area (Å²) < 4.78 is 5.82. The number of hydrogen-bond donors (Lipinski definition) is 0. The van der Waals surface area contributed by atoms with E-state index >= 15 is 0 Å². The van der Waals surface area contributed by atoms with Crippen molar-refractivity contribution in [1.29, 1.82) is 0 Å². The van der Waals surface area contributed by atoms with Crippen molar-refractivity contribution in [3.05, 3.63) is 44.4 Å². The van der Waals surface area contributed by atoms with Crippen LogP contribution in [0.2, 0.25) is 0 Å². The third-order valence-corrected chi connectivity index (χ3v) is 3.60. The van der Waals surface area contributed by atoms with Crippen molar-refractivity contribution in [2.45, 2.75) is 6.42 Å². The fraction of sp³-hybridized carbons (Fsp3) is 0.385. The Balaban J connectivity index is 2.22. The first-order valence-corrected chi connectivity index (χ1v) is 6.77. The van der Waals surface area contributed by atoms with Crippen molar-refractivity contribution in [2.24, 2.45) is 0 Å². The maximum Gasteiger partial charge on any atom is 0.293 e. The molecule has 0 unspecified atom stereocenters. The number of benzene rings is 1. The topological polar surface area (TPSA) is 55.6 Å². The molecule has 0 N–H and O–H groups in total. The van der Waals surface area contributed by atoms with Crippen molar-refractivity contribution in [1.82, 2.24) is 0 Å². The quantitative estimate of drug-likeness (QED) is 0.484. The molecule has 0 bridgehead atoms. The van der Waals surface area contributed by atoms with Gasteiger partial charge >= 0.3 is 0 Å². The number of halogens is 1. The highest BCUT2D eigenvalue weighted by Crippen LogP contribution is 2.32. The molecule has 1 aromatic rings. The number of rotatable bonds is 4. The van der Waals surface area contributed by atoms with Crippen LogP contribution in [0.25, 0.3) is 0 Å². The average molecular weight is 327 g/mol. The molecule has 19 heavy (non-hydrogen) atoms. The standard InChI is InChI=1S/C13H15BrN2O3/c1-19-9-10-4-6-15(7-5-10)12-3-2-11(14)8-13(12)16(17)18/h2-4,8H,5-7,9H2,1H3. The lowest BCUT2D eigenvalue weighted by Crippen LogP contribution is -2.29. The monoisotopic (exact) mass is 326 g/mol. The second kappa shape index (κ2) is 6.16. The lowest BCUT2D eigenvalue weighted by atomic mass is 10.1. The van der Waals surface area contributed by atoms with Crippen molar-refractivity contribution in [3.8, 4) is 0 Å². The van der Waals surface area contributed by atoms with Gasteiger partial charge in [-0.25, -0.2) is 0 Å². The summed E-state index contributed by atoms with van der Waals surface area (Å²) in [5.41, 5.74) is 2.05. The minimum atomic E-state index is -0.339. The lowest BCUT2D eigenvalue weighted by molar-refractivity contribution is -0.384. The van der Waals surface area contributed by atoms with Crippen molar-refractivity contribution < 1.29 is 9.66 Å². The minimum Gasteiger partial charge on any atom is -0.380 e. The number of nitro benzene ring substituents is 1. The number of hydrogen-bond acceptors (Lipinski definition) is 4. The van der Waals surface area contributed by atoms with Crippen molar-refractivity contribution in [3.63, 3.8) is 0 Å². The van der Waals surface area contributed by atoms with Gasteiger partial charge in [0.2, 0.25) is 0 Å². The number of methoxy groups -OCH3 is 1. The van der Waals surface area contributed by atoms with Gasteiger partial charge in [-0.3, -0.25) is 10.1 Å². The van der Waals surface area contributed by atoms with Gasteiger partial charge in [0.05, 0.1) is 11.5 Å². The number of nitrogens with zero attached hydrogens (tertiary/aromatic N) is 2. The number of anilines is 1. The highest BCUT2D eigenvalue weighted by atomic mass is 79.9. The summed E-state index contributed by atoms with van der Waals surface area (Å²) in [6.07, 6.45) is 2.96. The normalized spacial score (nSPS) is 15.3. The van der Waals surface area contributed by atoms with Gasteiger partial charge in [0, 0.05) is 30.7 Å². The fourth-order valence-electron chi connectivity index (χ4n) is 2.16. The molecule has 0 atom stereocenters. The molecule has 0 saturated carbocycles. The Morgan fingerprint density at radius 2 is 2.32 bits per heavy atom. The van der Waals surface area contributed by atoms with Gasteiger partial charge in [-0.1, -0.05) is 22.0 Å². The maximum absolute atomic E-state index is 11.1. The Labute approximate surface area is 120 Å². The highest BCUT2D eigenvalue weighted by molar-refractivity contribution is 9.10. The molecule has 0 fully saturated rings. The van der Waals surface area contributed by atoms with E-state index in [4.69, 9.17) is 4.74 Å². The van der Waals surface area contributed by atoms with Gasteiger partial charge in [0.25, 0.3) is 5.69 Å². The first kappa shape index (κ1) is 14.0. The Morgan fingerprint density at radius 1 is 1.53 bits per heavy atom. The molecule has 1 aliphatic heterocycles. The second-order valence-corrected chi connectivity index (χ2v) is 5.30. The SMILES string of the molecule is COCC1=CCN(c2ccc(Br)cc2[N+](=O)[O-])CC1. The zero-order valence-corrected chi connectivity index (χ0v) is 12.2. The molecule has 1 heterocycles. The van der Waals surface area contributed by atoms with E-state index in [1.807, 2.05) is 11.0 Å². The molecular weight excluding hydrogens is 312 g/mol. The van der Waals surface area contributed by atoms with E-state index in [0.29, 0.717) is 18.8 Å². The van der Waals surface area contributed by atoms with Gasteiger partial charge in [0.1, 0.15) is 5.69 Å². The van der Waals surface area contributed by atoms with E-state index in [1.165, 1.54) is 5.57 Å². The van der Waals surface area contributed by atoms with E-state index in [0.717, 1.165) is 17.4 Å². The molecule has 2 rings (SSSR count). The van der Waals surface area contributed by atoms with E-state index in [-0.39, 0.29) is 10.6 Å². The smallest absolute Gasteiger partial charge is 0.293 e. The van der Waals surface area contributed by atoms with Crippen molar-refractivity contribution >= 4 is 27.3 Å². The third-order valence-electron chi connectivity index (χ3n) is 3.11. The summed E-state index contributed by atoms with van der Waals surface area (Å²) in [6, 6.07) is 5.16. The van der Waals surface area contributed by atoms with Gasteiger partial charge in [-0.15, -0.1) is 0 Å². The molecule has 102 valence electrons. The molecule has 0 amide bonds. The molecule has 1 aliphatic rings. The molecule has 0 aromatic heterocycles. The van der Waals surface area contributed by atoms with Crippen LogP contribution < -0.4 is 4.90 Å². The Kier molecular flexibility index (Phi) is 4.55. The molecule has 5 nitrogen and oxygen atoms in total. The van der Waals surface area contributed by atoms with Crippen LogP contribution in [0.5, 0.6) is 0 Å². The summed E-state index contributed by atoms with van der Waals surface area (Å²) >= 11 is 3.27. The highest BCUT2D eigenvalue weighted by Gasteiger charge is 2.21. The molecule has 0 aliphatic carbocycles. The predicted octanol–water partition coefficient (Wildman–Crippen LogP) is 3.14. The van der Waals surface area contributed by atoms with Crippen molar-refractivity contribution in [2.75, 3.05) is 31.7 Å².